The Balaban J connectivity index is 1.61. The zero-order valence-electron chi connectivity index (χ0n) is 17.3. The molecule has 1 aliphatic heterocycles. The van der Waals surface area contributed by atoms with Gasteiger partial charge >= 0.3 is 0 Å². The van der Waals surface area contributed by atoms with Gasteiger partial charge in [-0.05, 0) is 37.1 Å². The van der Waals surface area contributed by atoms with Gasteiger partial charge in [0.15, 0.2) is 6.23 Å². The lowest BCUT2D eigenvalue weighted by Gasteiger charge is -2.45. The van der Waals surface area contributed by atoms with Gasteiger partial charge in [0.05, 0.1) is 16.3 Å². The van der Waals surface area contributed by atoms with Crippen molar-refractivity contribution in [1.29, 1.82) is 0 Å². The summed E-state index contributed by atoms with van der Waals surface area (Å²) in [4.78, 5) is 21.3. The predicted molar refractivity (Wildman–Crippen MR) is 113 cm³/mol. The second kappa shape index (κ2) is 7.45. The number of nitrogens with one attached hydrogen (secondary N) is 1. The summed E-state index contributed by atoms with van der Waals surface area (Å²) < 4.78 is 39.0. The van der Waals surface area contributed by atoms with Crippen molar-refractivity contribution in [2.45, 2.75) is 48.8 Å². The Morgan fingerprint density at radius 1 is 1.21 bits per heavy atom. The number of hydroxylamine groups is 2. The van der Waals surface area contributed by atoms with Crippen LogP contribution in [-0.4, -0.2) is 44.2 Å². The lowest BCUT2D eigenvalue weighted by molar-refractivity contribution is -0.228. The van der Waals surface area contributed by atoms with Gasteiger partial charge < -0.3 is 15.0 Å². The molecule has 2 aromatic heterocycles. The molecule has 174 valence electrons. The molecule has 3 aromatic rings. The Hall–Kier alpha value is -3.13. The fourth-order valence-electron chi connectivity index (χ4n) is 4.72. The Labute approximate surface area is 187 Å². The maximum atomic E-state index is 14.5. The highest BCUT2D eigenvalue weighted by Crippen LogP contribution is 2.45. The van der Waals surface area contributed by atoms with Crippen LogP contribution in [0, 0.1) is 5.82 Å². The van der Waals surface area contributed by atoms with Gasteiger partial charge in [-0.25, -0.2) is 22.9 Å². The minimum absolute atomic E-state index is 0.00461. The standard InChI is InChI=1S/C20H21FN6O5S/c21-13-9-12(33(22,31)32)4-5-14(13)24-19-23-10-11-8-15-17(28)27(30)18(29)20(6-2-1-3-7-20)26(15)16(11)25-19/h4-5,8-10,17,28,30H,1-3,6-7H2,(H2,22,31,32)(H,23,24,25). The van der Waals surface area contributed by atoms with E-state index in [9.17, 15) is 27.9 Å². The molecule has 1 saturated carbocycles. The number of aliphatic hydroxyl groups is 1. The Kier molecular flexibility index (Phi) is 4.90. The quantitative estimate of drug-likeness (QED) is 0.416. The van der Waals surface area contributed by atoms with E-state index in [-0.39, 0.29) is 16.5 Å². The summed E-state index contributed by atoms with van der Waals surface area (Å²) in [6.07, 6.45) is 3.35. The summed E-state index contributed by atoms with van der Waals surface area (Å²) in [5.74, 6) is -1.46. The highest BCUT2D eigenvalue weighted by Gasteiger charge is 2.51. The van der Waals surface area contributed by atoms with E-state index >= 15 is 0 Å². The summed E-state index contributed by atoms with van der Waals surface area (Å²) in [6, 6.07) is 4.75. The maximum Gasteiger partial charge on any atom is 0.275 e. The number of nitrogens with zero attached hydrogens (tertiary/aromatic N) is 4. The maximum absolute atomic E-state index is 14.5. The third-order valence-electron chi connectivity index (χ3n) is 6.30. The number of amides is 1. The smallest absolute Gasteiger partial charge is 0.275 e. The van der Waals surface area contributed by atoms with Crippen LogP contribution in [0.2, 0.25) is 0 Å². The van der Waals surface area contributed by atoms with Crippen molar-refractivity contribution in [3.05, 3.63) is 42.0 Å². The largest absolute Gasteiger partial charge is 0.366 e. The SMILES string of the molecule is NS(=O)(=O)c1ccc(Nc2ncc3cc4n(c3n2)C2(CCCCC2)C(=O)N(O)C4O)c(F)c1. The molecule has 1 fully saturated rings. The van der Waals surface area contributed by atoms with E-state index in [1.165, 1.54) is 12.3 Å². The first-order valence-electron chi connectivity index (χ1n) is 10.3. The van der Waals surface area contributed by atoms with Gasteiger partial charge in [0.25, 0.3) is 5.91 Å². The first-order valence-corrected chi connectivity index (χ1v) is 11.9. The summed E-state index contributed by atoms with van der Waals surface area (Å²) in [7, 11) is -4.06. The predicted octanol–water partition coefficient (Wildman–Crippen LogP) is 1.84. The van der Waals surface area contributed by atoms with E-state index < -0.39 is 33.5 Å². The van der Waals surface area contributed by atoms with Crippen LogP contribution < -0.4 is 10.5 Å². The van der Waals surface area contributed by atoms with Gasteiger partial charge in [-0.3, -0.25) is 10.0 Å². The van der Waals surface area contributed by atoms with E-state index in [1.54, 1.807) is 10.6 Å². The van der Waals surface area contributed by atoms with Gasteiger partial charge in [-0.15, -0.1) is 0 Å². The number of aliphatic hydroxyl groups excluding tert-OH is 1. The molecular formula is C20H21FN6O5S. The lowest BCUT2D eigenvalue weighted by atomic mass is 9.79. The first kappa shape index (κ1) is 21.7. The number of benzene rings is 1. The molecule has 1 spiro atoms. The molecule has 1 unspecified atom stereocenters. The third-order valence-corrected chi connectivity index (χ3v) is 7.21. The van der Waals surface area contributed by atoms with Gasteiger partial charge in [-0.1, -0.05) is 19.3 Å². The van der Waals surface area contributed by atoms with Crippen molar-refractivity contribution in [1.82, 2.24) is 19.6 Å². The number of anilines is 2. The summed E-state index contributed by atoms with van der Waals surface area (Å²) in [5.41, 5.74) is -0.495. The highest BCUT2D eigenvalue weighted by molar-refractivity contribution is 7.89. The average Bonchev–Trinajstić information content (AvgIpc) is 3.17. The molecule has 5 N–H and O–H groups in total. The van der Waals surface area contributed by atoms with Gasteiger partial charge in [-0.2, -0.15) is 10.0 Å². The molecule has 1 amide bonds. The van der Waals surface area contributed by atoms with Crippen molar-refractivity contribution in [2.24, 2.45) is 5.14 Å². The number of hydrogen-bond acceptors (Lipinski definition) is 8. The summed E-state index contributed by atoms with van der Waals surface area (Å²) >= 11 is 0. The number of nitrogens with two attached hydrogens (primary N) is 1. The van der Waals surface area contributed by atoms with Crippen molar-refractivity contribution < 1.29 is 27.9 Å². The number of fused-ring (bicyclic) bond motifs is 4. The molecular weight excluding hydrogens is 455 g/mol. The molecule has 5 rings (SSSR count). The van der Waals surface area contributed by atoms with Crippen LogP contribution in [0.1, 0.15) is 44.0 Å². The number of primary sulfonamides is 1. The van der Waals surface area contributed by atoms with E-state index in [4.69, 9.17) is 5.14 Å². The van der Waals surface area contributed by atoms with E-state index in [2.05, 4.69) is 15.3 Å². The van der Waals surface area contributed by atoms with Gasteiger partial charge in [0, 0.05) is 11.6 Å². The zero-order valence-corrected chi connectivity index (χ0v) is 18.1. The molecule has 11 nitrogen and oxygen atoms in total. The number of sulfonamides is 1. The average molecular weight is 476 g/mol. The second-order valence-electron chi connectivity index (χ2n) is 8.30. The molecule has 3 heterocycles. The summed E-state index contributed by atoms with van der Waals surface area (Å²) in [6.45, 7) is 0. The van der Waals surface area contributed by atoms with E-state index in [1.807, 2.05) is 0 Å². The van der Waals surface area contributed by atoms with Crippen molar-refractivity contribution >= 4 is 38.6 Å². The van der Waals surface area contributed by atoms with Crippen LogP contribution in [0.25, 0.3) is 11.0 Å². The molecule has 1 aliphatic carbocycles. The van der Waals surface area contributed by atoms with Crippen molar-refractivity contribution in [3.8, 4) is 0 Å². The topological polar surface area (TPSA) is 164 Å². The molecule has 33 heavy (non-hydrogen) atoms. The fourth-order valence-corrected chi connectivity index (χ4v) is 5.25. The number of rotatable bonds is 3. The van der Waals surface area contributed by atoms with Crippen LogP contribution >= 0.6 is 0 Å². The van der Waals surface area contributed by atoms with Gasteiger partial charge in [0.1, 0.15) is 17.0 Å². The molecule has 1 atom stereocenters. The Bertz CT molecular complexity index is 1390. The molecule has 2 aliphatic rings. The van der Waals surface area contributed by atoms with E-state index in [0.29, 0.717) is 34.6 Å². The molecule has 1 aromatic carbocycles. The minimum Gasteiger partial charge on any atom is -0.366 e. The molecule has 0 saturated heterocycles. The van der Waals surface area contributed by atoms with Crippen LogP contribution in [0.3, 0.4) is 0 Å². The zero-order chi connectivity index (χ0) is 23.5. The van der Waals surface area contributed by atoms with Crippen molar-refractivity contribution in [2.75, 3.05) is 5.32 Å². The van der Waals surface area contributed by atoms with Crippen LogP contribution in [0.15, 0.2) is 35.4 Å². The number of aromatic nitrogens is 3. The number of halogens is 1. The third kappa shape index (κ3) is 3.35. The van der Waals surface area contributed by atoms with Crippen LogP contribution in [0.4, 0.5) is 16.0 Å². The van der Waals surface area contributed by atoms with Crippen LogP contribution in [-0.2, 0) is 20.4 Å². The number of carbonyl (C=O) groups excluding carboxylic acids is 1. The molecule has 13 heteroatoms. The normalized spacial score (nSPS) is 20.3. The van der Waals surface area contributed by atoms with Gasteiger partial charge in [0.2, 0.25) is 16.0 Å². The first-order chi connectivity index (χ1) is 15.6. The minimum atomic E-state index is -4.06. The van der Waals surface area contributed by atoms with Crippen molar-refractivity contribution in [3.63, 3.8) is 0 Å². The monoisotopic (exact) mass is 476 g/mol. The highest BCUT2D eigenvalue weighted by atomic mass is 32.2. The molecule has 0 radical (unpaired) electrons. The molecule has 0 bridgehead atoms. The summed E-state index contributed by atoms with van der Waals surface area (Å²) in [5, 5.41) is 29.4. The van der Waals surface area contributed by atoms with E-state index in [0.717, 1.165) is 31.4 Å². The Morgan fingerprint density at radius 2 is 1.94 bits per heavy atom. The second-order valence-corrected chi connectivity index (χ2v) is 9.87. The fraction of sp³-hybridized carbons (Fsp3) is 0.350. The van der Waals surface area contributed by atoms with Crippen LogP contribution in [0.5, 0.6) is 0 Å². The number of hydrogen-bond donors (Lipinski definition) is 4. The Morgan fingerprint density at radius 3 is 2.61 bits per heavy atom. The number of carbonyl (C=O) groups is 1. The lowest BCUT2D eigenvalue weighted by Crippen LogP contribution is -2.56.